The Balaban J connectivity index is 2.47. The average Bonchev–Trinajstić information content (AvgIpc) is 2.46. The topological polar surface area (TPSA) is 52.8 Å². The number of halogens is 2. The molecule has 4 nitrogen and oxygen atoms in total. The minimum absolute atomic E-state index is 0.220. The van der Waals surface area contributed by atoms with Crippen LogP contribution in [0, 0.1) is 11.3 Å². The van der Waals surface area contributed by atoms with Gasteiger partial charge >= 0.3 is 0 Å². The molecule has 1 heterocycles. The molecule has 0 aliphatic carbocycles. The number of alkyl halides is 1. The Morgan fingerprint density at radius 2 is 2.16 bits per heavy atom. The smallest absolute Gasteiger partial charge is 0.142 e. The minimum atomic E-state index is 0.220. The van der Waals surface area contributed by atoms with Gasteiger partial charge in [0.15, 0.2) is 0 Å². The van der Waals surface area contributed by atoms with Gasteiger partial charge in [0.1, 0.15) is 17.3 Å². The summed E-state index contributed by atoms with van der Waals surface area (Å²) in [6.07, 6.45) is 1.39. The van der Waals surface area contributed by atoms with Gasteiger partial charge in [0.25, 0.3) is 0 Å². The second kappa shape index (κ2) is 5.87. The zero-order chi connectivity index (χ0) is 13.8. The number of nitriles is 1. The van der Waals surface area contributed by atoms with Gasteiger partial charge in [-0.05, 0) is 18.2 Å². The van der Waals surface area contributed by atoms with Gasteiger partial charge in [-0.2, -0.15) is 5.26 Å². The third-order valence-corrected chi connectivity index (χ3v) is 3.28. The van der Waals surface area contributed by atoms with Crippen molar-refractivity contribution in [1.82, 2.24) is 9.97 Å². The quantitative estimate of drug-likeness (QED) is 0.642. The van der Waals surface area contributed by atoms with Crippen molar-refractivity contribution in [1.29, 1.82) is 5.26 Å². The van der Waals surface area contributed by atoms with Crippen LogP contribution in [0.25, 0.3) is 0 Å². The van der Waals surface area contributed by atoms with Crippen LogP contribution in [0.2, 0.25) is 5.15 Å². The first kappa shape index (κ1) is 13.6. The molecule has 0 amide bonds. The first-order valence-corrected chi connectivity index (χ1v) is 6.38. The highest BCUT2D eigenvalue weighted by Gasteiger charge is 2.14. The standard InChI is InChI=1S/C13H10Cl2N4/c1-19(10-4-2-3-9(5-10)7-16)13-11(6-14)12(15)17-8-18-13/h2-5,8H,6H2,1H3. The molecule has 0 fully saturated rings. The molecule has 0 saturated heterocycles. The summed E-state index contributed by atoms with van der Waals surface area (Å²) in [5.41, 5.74) is 2.08. The van der Waals surface area contributed by atoms with E-state index in [1.165, 1.54) is 6.33 Å². The third-order valence-electron chi connectivity index (χ3n) is 2.68. The lowest BCUT2D eigenvalue weighted by molar-refractivity contribution is 1.04. The molecule has 1 aromatic heterocycles. The number of hydrogen-bond donors (Lipinski definition) is 0. The van der Waals surface area contributed by atoms with Crippen molar-refractivity contribution in [3.63, 3.8) is 0 Å². The van der Waals surface area contributed by atoms with E-state index in [1.54, 1.807) is 12.1 Å². The van der Waals surface area contributed by atoms with Crippen LogP contribution in [0.1, 0.15) is 11.1 Å². The molecule has 0 spiro atoms. The lowest BCUT2D eigenvalue weighted by atomic mass is 10.2. The van der Waals surface area contributed by atoms with Crippen LogP contribution >= 0.6 is 23.2 Å². The first-order valence-electron chi connectivity index (χ1n) is 5.46. The summed E-state index contributed by atoms with van der Waals surface area (Å²) in [7, 11) is 1.84. The van der Waals surface area contributed by atoms with E-state index in [4.69, 9.17) is 28.5 Å². The summed E-state index contributed by atoms with van der Waals surface area (Å²) >= 11 is 11.9. The van der Waals surface area contributed by atoms with Crippen LogP contribution in [0.4, 0.5) is 11.5 Å². The highest BCUT2D eigenvalue weighted by Crippen LogP contribution is 2.29. The Labute approximate surface area is 121 Å². The minimum Gasteiger partial charge on any atom is -0.329 e. The summed E-state index contributed by atoms with van der Waals surface area (Å²) in [6.45, 7) is 0. The zero-order valence-corrected chi connectivity index (χ0v) is 11.7. The van der Waals surface area contributed by atoms with E-state index in [1.807, 2.05) is 24.1 Å². The van der Waals surface area contributed by atoms with E-state index in [-0.39, 0.29) is 5.88 Å². The normalized spacial score (nSPS) is 10.0. The molecule has 2 aromatic rings. The Morgan fingerprint density at radius 3 is 2.84 bits per heavy atom. The number of anilines is 2. The first-order chi connectivity index (χ1) is 9.17. The van der Waals surface area contributed by atoms with E-state index < -0.39 is 0 Å². The number of hydrogen-bond acceptors (Lipinski definition) is 4. The molecule has 2 rings (SSSR count). The van der Waals surface area contributed by atoms with Gasteiger partial charge in [-0.25, -0.2) is 9.97 Å². The van der Waals surface area contributed by atoms with E-state index in [2.05, 4.69) is 16.0 Å². The second-order valence-corrected chi connectivity index (χ2v) is 4.45. The van der Waals surface area contributed by atoms with Crippen LogP contribution in [0.5, 0.6) is 0 Å². The molecule has 0 radical (unpaired) electrons. The maximum Gasteiger partial charge on any atom is 0.142 e. The van der Waals surface area contributed by atoms with Gasteiger partial charge in [-0.15, -0.1) is 11.6 Å². The molecular formula is C13H10Cl2N4. The SMILES string of the molecule is CN(c1cccc(C#N)c1)c1ncnc(Cl)c1CCl. The molecule has 19 heavy (non-hydrogen) atoms. The maximum atomic E-state index is 8.92. The lowest BCUT2D eigenvalue weighted by Gasteiger charge is -2.20. The molecule has 0 N–H and O–H groups in total. The van der Waals surface area contributed by atoms with Crippen LogP contribution in [-0.4, -0.2) is 17.0 Å². The Hall–Kier alpha value is -1.83. The van der Waals surface area contributed by atoms with E-state index in [0.29, 0.717) is 22.1 Å². The Morgan fingerprint density at radius 1 is 1.37 bits per heavy atom. The number of benzene rings is 1. The molecule has 0 aliphatic rings. The summed E-state index contributed by atoms with van der Waals surface area (Å²) in [4.78, 5) is 9.94. The lowest BCUT2D eigenvalue weighted by Crippen LogP contribution is -2.14. The van der Waals surface area contributed by atoms with E-state index in [0.717, 1.165) is 5.69 Å². The number of nitrogens with zero attached hydrogens (tertiary/aromatic N) is 4. The van der Waals surface area contributed by atoms with Crippen LogP contribution in [0.3, 0.4) is 0 Å². The monoisotopic (exact) mass is 292 g/mol. The molecular weight excluding hydrogens is 283 g/mol. The Bertz CT molecular complexity index is 637. The Kier molecular flexibility index (Phi) is 4.20. The van der Waals surface area contributed by atoms with E-state index >= 15 is 0 Å². The van der Waals surface area contributed by atoms with Gasteiger partial charge in [-0.1, -0.05) is 17.7 Å². The van der Waals surface area contributed by atoms with Crippen molar-refractivity contribution >= 4 is 34.7 Å². The summed E-state index contributed by atoms with van der Waals surface area (Å²) < 4.78 is 0. The molecule has 0 atom stereocenters. The van der Waals surface area contributed by atoms with E-state index in [9.17, 15) is 0 Å². The fraction of sp³-hybridized carbons (Fsp3) is 0.154. The fourth-order valence-electron chi connectivity index (χ4n) is 1.69. The summed E-state index contributed by atoms with van der Waals surface area (Å²) in [6, 6.07) is 9.31. The van der Waals surface area contributed by atoms with Gasteiger partial charge in [-0.3, -0.25) is 0 Å². The molecule has 0 bridgehead atoms. The molecule has 0 saturated carbocycles. The molecule has 96 valence electrons. The van der Waals surface area contributed by atoms with Gasteiger partial charge in [0, 0.05) is 18.3 Å². The zero-order valence-electron chi connectivity index (χ0n) is 10.1. The van der Waals surface area contributed by atoms with Crippen molar-refractivity contribution < 1.29 is 0 Å². The van der Waals surface area contributed by atoms with Crippen molar-refractivity contribution in [2.75, 3.05) is 11.9 Å². The van der Waals surface area contributed by atoms with Crippen molar-refractivity contribution in [3.05, 3.63) is 46.9 Å². The highest BCUT2D eigenvalue weighted by atomic mass is 35.5. The number of rotatable bonds is 3. The van der Waals surface area contributed by atoms with Crippen molar-refractivity contribution in [2.45, 2.75) is 5.88 Å². The van der Waals surface area contributed by atoms with Crippen LogP contribution in [-0.2, 0) is 5.88 Å². The van der Waals surface area contributed by atoms with Crippen LogP contribution in [0.15, 0.2) is 30.6 Å². The average molecular weight is 293 g/mol. The molecule has 0 unspecified atom stereocenters. The molecule has 6 heteroatoms. The van der Waals surface area contributed by atoms with Gasteiger partial charge in [0.2, 0.25) is 0 Å². The molecule has 0 aliphatic heterocycles. The predicted octanol–water partition coefficient (Wildman–Crippen LogP) is 3.51. The van der Waals surface area contributed by atoms with Gasteiger partial charge in [0.05, 0.1) is 17.5 Å². The largest absolute Gasteiger partial charge is 0.329 e. The predicted molar refractivity (Wildman–Crippen MR) is 75.8 cm³/mol. The van der Waals surface area contributed by atoms with Crippen molar-refractivity contribution in [3.8, 4) is 6.07 Å². The second-order valence-electron chi connectivity index (χ2n) is 3.82. The summed E-state index contributed by atoms with van der Waals surface area (Å²) in [5, 5.41) is 9.26. The maximum absolute atomic E-state index is 8.92. The summed E-state index contributed by atoms with van der Waals surface area (Å²) in [5.74, 6) is 0.849. The van der Waals surface area contributed by atoms with Crippen molar-refractivity contribution in [2.24, 2.45) is 0 Å². The molecule has 1 aromatic carbocycles. The third kappa shape index (κ3) is 2.78. The number of aromatic nitrogens is 2. The van der Waals surface area contributed by atoms with Gasteiger partial charge < -0.3 is 4.90 Å². The van der Waals surface area contributed by atoms with Crippen LogP contribution < -0.4 is 4.90 Å². The highest BCUT2D eigenvalue weighted by molar-refractivity contribution is 6.31. The fourth-order valence-corrected chi connectivity index (χ4v) is 2.20.